The molecule has 1 heterocycles. The number of benzene rings is 1. The lowest BCUT2D eigenvalue weighted by Gasteiger charge is -2.09. The molecule has 1 aromatic carbocycles. The van der Waals surface area contributed by atoms with Gasteiger partial charge in [0.2, 0.25) is 0 Å². The fourth-order valence-corrected chi connectivity index (χ4v) is 3.04. The van der Waals surface area contributed by atoms with E-state index in [9.17, 15) is 0 Å². The van der Waals surface area contributed by atoms with Crippen LogP contribution in [0.1, 0.15) is 44.1 Å². The van der Waals surface area contributed by atoms with E-state index < -0.39 is 0 Å². The summed E-state index contributed by atoms with van der Waals surface area (Å²) in [4.78, 5) is 4.76. The number of nitrogens with zero attached hydrogens (tertiary/aromatic N) is 1. The van der Waals surface area contributed by atoms with E-state index in [1.807, 2.05) is 0 Å². The van der Waals surface area contributed by atoms with Crippen LogP contribution in [0.3, 0.4) is 0 Å². The van der Waals surface area contributed by atoms with Gasteiger partial charge >= 0.3 is 0 Å². The zero-order valence-electron chi connectivity index (χ0n) is 17.2. The second kappa shape index (κ2) is 22.4. The lowest BCUT2D eigenvalue weighted by molar-refractivity contribution is 0.570. The first-order valence-electron chi connectivity index (χ1n) is 9.90. The monoisotopic (exact) mass is 489 g/mol. The summed E-state index contributed by atoms with van der Waals surface area (Å²) >= 11 is 0. The van der Waals surface area contributed by atoms with Gasteiger partial charge in [0.25, 0.3) is 0 Å². The van der Waals surface area contributed by atoms with Gasteiger partial charge in [0.05, 0.1) is 0 Å². The van der Waals surface area contributed by atoms with Crippen molar-refractivity contribution in [3.8, 4) is 0 Å². The third kappa shape index (κ3) is 15.2. The lowest BCUT2D eigenvalue weighted by Crippen LogP contribution is -2.22. The molecular weight excluding hydrogens is 452 g/mol. The molecule has 5 N–H and O–H groups in total. The molecule has 0 saturated carbocycles. The van der Waals surface area contributed by atoms with Gasteiger partial charge in [0.1, 0.15) is 5.84 Å². The van der Waals surface area contributed by atoms with Gasteiger partial charge in [0, 0.05) is 18.7 Å². The van der Waals surface area contributed by atoms with Gasteiger partial charge in [-0.25, -0.2) is 0 Å². The molecule has 0 radical (unpaired) electrons. The van der Waals surface area contributed by atoms with Crippen molar-refractivity contribution in [3.05, 3.63) is 29.8 Å². The molecule has 0 amide bonds. The number of rotatable bonds is 12. The van der Waals surface area contributed by atoms with E-state index in [1.165, 1.54) is 30.5 Å². The molecule has 0 unspecified atom stereocenters. The van der Waals surface area contributed by atoms with Crippen molar-refractivity contribution in [3.63, 3.8) is 0 Å². The second-order valence-electron chi connectivity index (χ2n) is 6.67. The molecule has 0 spiro atoms. The minimum atomic E-state index is 0. The first-order chi connectivity index (χ1) is 12.4. The summed E-state index contributed by atoms with van der Waals surface area (Å²) in [5, 5.41) is 10.4. The third-order valence-corrected chi connectivity index (χ3v) is 4.49. The summed E-state index contributed by atoms with van der Waals surface area (Å²) in [7, 11) is 0. The van der Waals surface area contributed by atoms with Crippen molar-refractivity contribution < 1.29 is 0 Å². The molecule has 0 bridgehead atoms. The van der Waals surface area contributed by atoms with Crippen molar-refractivity contribution in [2.45, 2.75) is 44.9 Å². The Labute approximate surface area is 201 Å². The molecule has 0 aliphatic carbocycles. The molecule has 29 heavy (non-hydrogen) atoms. The first kappa shape index (κ1) is 33.4. The van der Waals surface area contributed by atoms with Crippen molar-refractivity contribution in [1.82, 2.24) is 10.6 Å². The Morgan fingerprint density at radius 2 is 1.45 bits per heavy atom. The quantitative estimate of drug-likeness (QED) is 0.331. The highest BCUT2D eigenvalue weighted by Crippen LogP contribution is 2.21. The Kier molecular flexibility index (Phi) is 25.8. The normalized spacial score (nSPS) is 13.5. The Morgan fingerprint density at radius 1 is 0.828 bits per heavy atom. The van der Waals surface area contributed by atoms with Crippen LogP contribution in [-0.4, -0.2) is 45.1 Å². The van der Waals surface area contributed by atoms with Crippen LogP contribution >= 0.6 is 49.6 Å². The van der Waals surface area contributed by atoms with E-state index in [4.69, 9.17) is 10.7 Å². The molecule has 9 heteroatoms. The fourth-order valence-electron chi connectivity index (χ4n) is 3.04. The molecule has 5 nitrogen and oxygen atoms in total. The predicted octanol–water partition coefficient (Wildman–Crippen LogP) is 4.22. The maximum Gasteiger partial charge on any atom is 0.101 e. The minimum absolute atomic E-state index is 0. The van der Waals surface area contributed by atoms with Gasteiger partial charge in [0.15, 0.2) is 0 Å². The zero-order valence-corrected chi connectivity index (χ0v) is 20.4. The van der Waals surface area contributed by atoms with E-state index in [2.05, 4.69) is 40.2 Å². The van der Waals surface area contributed by atoms with E-state index >= 15 is 0 Å². The molecule has 1 aliphatic rings. The Balaban J connectivity index is -0.00000169. The number of hydrogen-bond acceptors (Lipinski definition) is 4. The van der Waals surface area contributed by atoms with Gasteiger partial charge in [-0.15, -0.1) is 49.6 Å². The highest BCUT2D eigenvalue weighted by Gasteiger charge is 2.10. The Hall–Kier alpha value is -0.270. The minimum Gasteiger partial charge on any atom is -0.344 e. The highest BCUT2D eigenvalue weighted by atomic mass is 35.5. The largest absolute Gasteiger partial charge is 0.344 e. The standard InChI is InChI=1S/C20H35N5.4ClH/c21-12-6-15-22-13-3-4-14-23-16-7-17-24-20-11-5-9-18-8-1-2-10-19(18)25-20;;;;/h1-2,8,10,22-23H,3-7,9,11-17,21H2,(H,24,25);4*1H. The summed E-state index contributed by atoms with van der Waals surface area (Å²) in [5.74, 6) is 1.15. The zero-order chi connectivity index (χ0) is 17.6. The topological polar surface area (TPSA) is 74.5 Å². The number of aliphatic imine (C=N–C) groups is 1. The number of anilines is 1. The number of para-hydroxylation sites is 1. The molecule has 0 atom stereocenters. The van der Waals surface area contributed by atoms with Crippen LogP contribution in [0.4, 0.5) is 5.69 Å². The second-order valence-corrected chi connectivity index (χ2v) is 6.67. The first-order valence-corrected chi connectivity index (χ1v) is 9.90. The number of halogens is 4. The smallest absolute Gasteiger partial charge is 0.101 e. The molecule has 0 fully saturated rings. The predicted molar refractivity (Wildman–Crippen MR) is 138 cm³/mol. The number of unbranched alkanes of at least 4 members (excludes halogenated alkanes) is 1. The molecular formula is C20H39Cl4N5. The van der Waals surface area contributed by atoms with E-state index in [1.54, 1.807) is 0 Å². The average molecular weight is 491 g/mol. The highest BCUT2D eigenvalue weighted by molar-refractivity contribution is 5.96. The number of hydrogen-bond donors (Lipinski definition) is 4. The SMILES string of the molecule is Cl.Cl.Cl.Cl.NCCCNCCCCNCCCN=C1CCCc2ccccc2N1. The Bertz CT molecular complexity index is 517. The summed E-state index contributed by atoms with van der Waals surface area (Å²) < 4.78 is 0. The van der Waals surface area contributed by atoms with Crippen LogP contribution < -0.4 is 21.7 Å². The van der Waals surface area contributed by atoms with Crippen molar-refractivity contribution in [2.75, 3.05) is 44.6 Å². The van der Waals surface area contributed by atoms with Crippen molar-refractivity contribution in [1.29, 1.82) is 0 Å². The fraction of sp³-hybridized carbons (Fsp3) is 0.650. The number of nitrogens with two attached hydrogens (primary N) is 1. The Morgan fingerprint density at radius 3 is 2.14 bits per heavy atom. The summed E-state index contributed by atoms with van der Waals surface area (Å²) in [6.07, 6.45) is 8.00. The van der Waals surface area contributed by atoms with E-state index in [0.717, 1.165) is 70.8 Å². The molecule has 0 aromatic heterocycles. The van der Waals surface area contributed by atoms with Crippen LogP contribution in [0.15, 0.2) is 29.3 Å². The van der Waals surface area contributed by atoms with Gasteiger partial charge < -0.3 is 21.7 Å². The third-order valence-electron chi connectivity index (χ3n) is 4.49. The summed E-state index contributed by atoms with van der Waals surface area (Å²) in [6, 6.07) is 8.57. The molecule has 2 rings (SSSR count). The van der Waals surface area contributed by atoms with Gasteiger partial charge in [-0.05, 0) is 82.9 Å². The number of amidine groups is 1. The van der Waals surface area contributed by atoms with E-state index in [-0.39, 0.29) is 49.6 Å². The maximum atomic E-state index is 5.46. The number of nitrogens with one attached hydrogen (secondary N) is 3. The van der Waals surface area contributed by atoms with Gasteiger partial charge in [-0.2, -0.15) is 0 Å². The number of aryl methyl sites for hydroxylation is 1. The van der Waals surface area contributed by atoms with Crippen LogP contribution in [-0.2, 0) is 6.42 Å². The summed E-state index contributed by atoms with van der Waals surface area (Å²) in [6.45, 7) is 5.97. The van der Waals surface area contributed by atoms with Crippen LogP contribution in [0.25, 0.3) is 0 Å². The maximum absolute atomic E-state index is 5.46. The molecule has 1 aliphatic heterocycles. The van der Waals surface area contributed by atoms with Gasteiger partial charge in [-0.3, -0.25) is 4.99 Å². The lowest BCUT2D eigenvalue weighted by atomic mass is 10.1. The van der Waals surface area contributed by atoms with Crippen molar-refractivity contribution >= 4 is 61.2 Å². The molecule has 0 saturated heterocycles. The molecule has 1 aromatic rings. The summed E-state index contributed by atoms with van der Waals surface area (Å²) in [5.41, 5.74) is 8.10. The molecule has 172 valence electrons. The average Bonchev–Trinajstić information content (AvgIpc) is 2.84. The van der Waals surface area contributed by atoms with Crippen LogP contribution in [0, 0.1) is 0 Å². The van der Waals surface area contributed by atoms with Crippen molar-refractivity contribution in [2.24, 2.45) is 10.7 Å². The van der Waals surface area contributed by atoms with Crippen LogP contribution in [0.2, 0.25) is 0 Å². The number of fused-ring (bicyclic) bond motifs is 1. The van der Waals surface area contributed by atoms with E-state index in [0.29, 0.717) is 0 Å². The van der Waals surface area contributed by atoms with Crippen LogP contribution in [0.5, 0.6) is 0 Å². The van der Waals surface area contributed by atoms with Gasteiger partial charge in [-0.1, -0.05) is 18.2 Å².